The monoisotopic (exact) mass is 285 g/mol. The van der Waals surface area contributed by atoms with Crippen LogP contribution >= 0.6 is 11.3 Å². The van der Waals surface area contributed by atoms with E-state index in [9.17, 15) is 8.42 Å². The summed E-state index contributed by atoms with van der Waals surface area (Å²) in [4.78, 5) is 8.58. The minimum atomic E-state index is -3.56. The van der Waals surface area contributed by atoms with Gasteiger partial charge in [0.15, 0.2) is 0 Å². The van der Waals surface area contributed by atoms with Crippen LogP contribution < -0.4 is 9.46 Å². The quantitative estimate of drug-likeness (QED) is 0.924. The second kappa shape index (κ2) is 4.91. The number of sulfonamides is 1. The molecule has 0 bridgehead atoms. The van der Waals surface area contributed by atoms with Gasteiger partial charge in [-0.15, -0.1) is 11.3 Å². The van der Waals surface area contributed by atoms with E-state index in [0.29, 0.717) is 5.69 Å². The second-order valence-corrected chi connectivity index (χ2v) is 6.63. The lowest BCUT2D eigenvalue weighted by Gasteiger charge is -2.05. The van der Waals surface area contributed by atoms with Crippen LogP contribution in [0.5, 0.6) is 6.01 Å². The Balaban J connectivity index is 2.22. The Labute approximate surface area is 109 Å². The van der Waals surface area contributed by atoms with Crippen LogP contribution in [0.25, 0.3) is 0 Å². The standard InChI is InChI=1S/C10H11N3O3S2/c1-7-3-4-9(17-7)18(14,15)13-8-5-11-10(16-2)12-6-8/h3-6,13H,1-2H3. The molecule has 0 saturated heterocycles. The van der Waals surface area contributed by atoms with E-state index in [0.717, 1.165) is 4.88 Å². The van der Waals surface area contributed by atoms with E-state index in [1.165, 1.54) is 30.8 Å². The van der Waals surface area contributed by atoms with Crippen LogP contribution in [0.1, 0.15) is 4.88 Å². The first-order valence-corrected chi connectivity index (χ1v) is 7.26. The first kappa shape index (κ1) is 12.8. The molecule has 0 aliphatic heterocycles. The Morgan fingerprint density at radius 2 is 1.94 bits per heavy atom. The summed E-state index contributed by atoms with van der Waals surface area (Å²) in [5, 5.41) is 0. The zero-order valence-corrected chi connectivity index (χ0v) is 11.4. The molecule has 0 amide bonds. The predicted octanol–water partition coefficient (Wildman–Crippen LogP) is 1.66. The first-order valence-electron chi connectivity index (χ1n) is 4.96. The van der Waals surface area contributed by atoms with E-state index in [1.807, 2.05) is 6.92 Å². The van der Waals surface area contributed by atoms with Gasteiger partial charge in [0.2, 0.25) is 0 Å². The molecule has 0 radical (unpaired) electrons. The number of hydrogen-bond donors (Lipinski definition) is 1. The summed E-state index contributed by atoms with van der Waals surface area (Å²) in [5.41, 5.74) is 0.293. The van der Waals surface area contributed by atoms with Crippen molar-refractivity contribution in [2.75, 3.05) is 11.8 Å². The van der Waals surface area contributed by atoms with Gasteiger partial charge in [-0.1, -0.05) is 0 Å². The highest BCUT2D eigenvalue weighted by atomic mass is 32.2. The largest absolute Gasteiger partial charge is 0.467 e. The molecule has 6 nitrogen and oxygen atoms in total. The molecule has 0 unspecified atom stereocenters. The van der Waals surface area contributed by atoms with Gasteiger partial charge < -0.3 is 4.74 Å². The number of anilines is 1. The lowest BCUT2D eigenvalue weighted by atomic mass is 10.5. The van der Waals surface area contributed by atoms with Crippen LogP contribution in [-0.4, -0.2) is 25.5 Å². The average molecular weight is 285 g/mol. The lowest BCUT2D eigenvalue weighted by Crippen LogP contribution is -2.12. The zero-order valence-electron chi connectivity index (χ0n) is 9.75. The Bertz CT molecular complexity index is 635. The maximum Gasteiger partial charge on any atom is 0.316 e. The molecule has 0 aliphatic rings. The molecule has 0 aliphatic carbocycles. The minimum Gasteiger partial charge on any atom is -0.467 e. The summed E-state index contributed by atoms with van der Waals surface area (Å²) in [6.45, 7) is 1.85. The Hall–Kier alpha value is -1.67. The molecule has 2 aromatic heterocycles. The summed E-state index contributed by atoms with van der Waals surface area (Å²) in [7, 11) is -2.13. The SMILES string of the molecule is COc1ncc(NS(=O)(=O)c2ccc(C)s2)cn1. The van der Waals surface area contributed by atoms with Crippen LogP contribution in [0.4, 0.5) is 5.69 Å². The number of methoxy groups -OCH3 is 1. The molecule has 18 heavy (non-hydrogen) atoms. The molecule has 2 rings (SSSR count). The molecule has 0 fully saturated rings. The normalized spacial score (nSPS) is 11.2. The number of hydrogen-bond acceptors (Lipinski definition) is 6. The van der Waals surface area contributed by atoms with Gasteiger partial charge in [-0.05, 0) is 19.1 Å². The summed E-state index contributed by atoms with van der Waals surface area (Å²) in [6.07, 6.45) is 2.70. The fourth-order valence-corrected chi connectivity index (χ4v) is 3.55. The van der Waals surface area contributed by atoms with Crippen LogP contribution in [0.3, 0.4) is 0 Å². The number of ether oxygens (including phenoxy) is 1. The topological polar surface area (TPSA) is 81.2 Å². The molecule has 2 aromatic rings. The van der Waals surface area contributed by atoms with Crippen LogP contribution in [0.2, 0.25) is 0 Å². The molecule has 8 heteroatoms. The third kappa shape index (κ3) is 2.77. The van der Waals surface area contributed by atoms with Crippen molar-refractivity contribution < 1.29 is 13.2 Å². The maximum absolute atomic E-state index is 12.0. The summed E-state index contributed by atoms with van der Waals surface area (Å²) >= 11 is 1.21. The van der Waals surface area contributed by atoms with Gasteiger partial charge in [0.05, 0.1) is 25.2 Å². The summed E-state index contributed by atoms with van der Waals surface area (Å²) in [6, 6.07) is 3.50. The third-order valence-electron chi connectivity index (χ3n) is 2.04. The highest BCUT2D eigenvalue weighted by molar-refractivity contribution is 7.94. The van der Waals surface area contributed by atoms with Gasteiger partial charge in [-0.2, -0.15) is 0 Å². The molecular formula is C10H11N3O3S2. The van der Waals surface area contributed by atoms with Gasteiger partial charge in [-0.3, -0.25) is 4.72 Å². The molecule has 0 atom stereocenters. The van der Waals surface area contributed by atoms with Crippen molar-refractivity contribution in [3.63, 3.8) is 0 Å². The maximum atomic E-state index is 12.0. The molecule has 0 saturated carbocycles. The Morgan fingerprint density at radius 3 is 2.44 bits per heavy atom. The Morgan fingerprint density at radius 1 is 1.28 bits per heavy atom. The van der Waals surface area contributed by atoms with Gasteiger partial charge in [0, 0.05) is 4.88 Å². The van der Waals surface area contributed by atoms with E-state index in [2.05, 4.69) is 14.7 Å². The highest BCUT2D eigenvalue weighted by Gasteiger charge is 2.16. The van der Waals surface area contributed by atoms with Crippen molar-refractivity contribution in [1.82, 2.24) is 9.97 Å². The van der Waals surface area contributed by atoms with E-state index < -0.39 is 10.0 Å². The molecule has 0 spiro atoms. The van der Waals surface area contributed by atoms with Crippen molar-refractivity contribution in [3.8, 4) is 6.01 Å². The fraction of sp³-hybridized carbons (Fsp3) is 0.200. The smallest absolute Gasteiger partial charge is 0.316 e. The van der Waals surface area contributed by atoms with E-state index in [1.54, 1.807) is 12.1 Å². The Kier molecular flexibility index (Phi) is 3.48. The van der Waals surface area contributed by atoms with Crippen molar-refractivity contribution in [2.45, 2.75) is 11.1 Å². The van der Waals surface area contributed by atoms with Crippen LogP contribution in [0, 0.1) is 6.92 Å². The summed E-state index contributed by atoms with van der Waals surface area (Å²) in [5.74, 6) is 0. The van der Waals surface area contributed by atoms with E-state index in [4.69, 9.17) is 4.74 Å². The first-order chi connectivity index (χ1) is 8.51. The number of nitrogens with zero attached hydrogens (tertiary/aromatic N) is 2. The number of thiophene rings is 1. The fourth-order valence-electron chi connectivity index (χ4n) is 1.24. The minimum absolute atomic E-state index is 0.185. The highest BCUT2D eigenvalue weighted by Crippen LogP contribution is 2.23. The van der Waals surface area contributed by atoms with E-state index >= 15 is 0 Å². The average Bonchev–Trinajstić information content (AvgIpc) is 2.77. The van der Waals surface area contributed by atoms with Crippen LogP contribution in [0.15, 0.2) is 28.7 Å². The zero-order chi connectivity index (χ0) is 13.2. The molecule has 2 heterocycles. The van der Waals surface area contributed by atoms with Gasteiger partial charge in [0.25, 0.3) is 10.0 Å². The molecule has 0 aromatic carbocycles. The van der Waals surface area contributed by atoms with Gasteiger partial charge in [0.1, 0.15) is 4.21 Å². The predicted molar refractivity (Wildman–Crippen MR) is 68.4 cm³/mol. The molecule has 96 valence electrons. The molecule has 1 N–H and O–H groups in total. The number of nitrogens with one attached hydrogen (secondary N) is 1. The number of aromatic nitrogens is 2. The summed E-state index contributed by atoms with van der Waals surface area (Å²) < 4.78 is 31.4. The lowest BCUT2D eigenvalue weighted by molar-refractivity contribution is 0.380. The molecular weight excluding hydrogens is 274 g/mol. The number of aryl methyl sites for hydroxylation is 1. The van der Waals surface area contributed by atoms with Crippen molar-refractivity contribution in [1.29, 1.82) is 0 Å². The second-order valence-electron chi connectivity index (χ2n) is 3.43. The van der Waals surface area contributed by atoms with Gasteiger partial charge in [-0.25, -0.2) is 18.4 Å². The van der Waals surface area contributed by atoms with Gasteiger partial charge >= 0.3 is 6.01 Å². The van der Waals surface area contributed by atoms with Crippen molar-refractivity contribution in [3.05, 3.63) is 29.4 Å². The number of rotatable bonds is 4. The van der Waals surface area contributed by atoms with Crippen LogP contribution in [-0.2, 0) is 10.0 Å². The van der Waals surface area contributed by atoms with Crippen molar-refractivity contribution in [2.24, 2.45) is 0 Å². The van der Waals surface area contributed by atoms with Crippen molar-refractivity contribution >= 4 is 27.0 Å². The third-order valence-corrected chi connectivity index (χ3v) is 4.92. The van der Waals surface area contributed by atoms with E-state index in [-0.39, 0.29) is 10.2 Å².